The lowest BCUT2D eigenvalue weighted by molar-refractivity contribution is -0.163. The van der Waals surface area contributed by atoms with E-state index in [1.165, 1.54) is 0 Å². The number of halogens is 2. The molecular weight excluding hydrogens is 422 g/mol. The summed E-state index contributed by atoms with van der Waals surface area (Å²) < 4.78 is 37.9. The number of esters is 2. The lowest BCUT2D eigenvalue weighted by Gasteiger charge is -2.32. The van der Waals surface area contributed by atoms with Crippen LogP contribution in [0.15, 0.2) is 0 Å². The number of alkyl halides is 2. The normalized spacial score (nSPS) is 31.2. The van der Waals surface area contributed by atoms with Gasteiger partial charge in [0.1, 0.15) is 22.5 Å². The summed E-state index contributed by atoms with van der Waals surface area (Å²) in [7, 11) is 0. The highest BCUT2D eigenvalue weighted by molar-refractivity contribution is 5.73. The molecule has 0 radical (unpaired) electrons. The van der Waals surface area contributed by atoms with Crippen molar-refractivity contribution < 1.29 is 38.1 Å². The molecule has 0 aromatic carbocycles. The van der Waals surface area contributed by atoms with Crippen LogP contribution >= 0.6 is 0 Å². The van der Waals surface area contributed by atoms with E-state index in [-0.39, 0.29) is 49.5 Å². The van der Waals surface area contributed by atoms with Crippen LogP contribution in [-0.4, -0.2) is 57.9 Å². The van der Waals surface area contributed by atoms with Crippen molar-refractivity contribution in [2.24, 2.45) is 11.8 Å². The lowest BCUT2D eigenvalue weighted by atomic mass is 9.80. The zero-order valence-electron chi connectivity index (χ0n) is 20.5. The van der Waals surface area contributed by atoms with Crippen molar-refractivity contribution >= 4 is 11.9 Å². The monoisotopic (exact) mass is 464 g/mol. The quantitative estimate of drug-likeness (QED) is 0.598. The van der Waals surface area contributed by atoms with E-state index < -0.39 is 35.8 Å². The van der Waals surface area contributed by atoms with Gasteiger partial charge in [-0.05, 0) is 92.9 Å². The summed E-state index contributed by atoms with van der Waals surface area (Å²) in [6.45, 7) is 10.0. The van der Waals surface area contributed by atoms with Crippen molar-refractivity contribution in [3.05, 3.63) is 0 Å². The molecule has 2 aliphatic carbocycles. The summed E-state index contributed by atoms with van der Waals surface area (Å²) in [5.74, 6) is -0.913. The van der Waals surface area contributed by atoms with Gasteiger partial charge in [0.15, 0.2) is 0 Å². The van der Waals surface area contributed by atoms with E-state index in [9.17, 15) is 18.4 Å². The maximum absolute atomic E-state index is 13.7. The van der Waals surface area contributed by atoms with Gasteiger partial charge in [0.2, 0.25) is 0 Å². The number of hydrogen-bond donors (Lipinski definition) is 2. The molecule has 6 nitrogen and oxygen atoms in total. The van der Waals surface area contributed by atoms with Gasteiger partial charge in [0.25, 0.3) is 0 Å². The van der Waals surface area contributed by atoms with Crippen molar-refractivity contribution in [1.82, 2.24) is 0 Å². The van der Waals surface area contributed by atoms with Gasteiger partial charge in [-0.3, -0.25) is 9.59 Å². The topological polar surface area (TPSA) is 93.1 Å². The zero-order chi connectivity index (χ0) is 24.8. The number of rotatable bonds is 4. The van der Waals surface area contributed by atoms with Crippen LogP contribution in [0.25, 0.3) is 0 Å². The second-order valence-corrected chi connectivity index (χ2v) is 11.2. The highest BCUT2D eigenvalue weighted by Gasteiger charge is 2.39. The Bertz CT molecular complexity index is 553. The first-order valence-corrected chi connectivity index (χ1v) is 11.6. The molecule has 32 heavy (non-hydrogen) atoms. The molecule has 0 spiro atoms. The lowest BCUT2D eigenvalue weighted by Crippen LogP contribution is -2.37. The van der Waals surface area contributed by atoms with E-state index in [4.69, 9.17) is 19.7 Å². The van der Waals surface area contributed by atoms with E-state index in [0.29, 0.717) is 25.7 Å². The molecule has 2 aliphatic rings. The van der Waals surface area contributed by atoms with Crippen molar-refractivity contribution in [3.63, 3.8) is 0 Å². The number of carbonyl (C=O) groups excluding carboxylic acids is 2. The van der Waals surface area contributed by atoms with Gasteiger partial charge in [-0.1, -0.05) is 0 Å². The van der Waals surface area contributed by atoms with Gasteiger partial charge in [-0.2, -0.15) is 0 Å². The summed E-state index contributed by atoms with van der Waals surface area (Å²) in [6, 6.07) is 0. The molecule has 0 amide bonds. The molecule has 2 fully saturated rings. The minimum Gasteiger partial charge on any atom is -0.460 e. The maximum atomic E-state index is 13.7. The zero-order valence-corrected chi connectivity index (χ0v) is 20.5. The summed E-state index contributed by atoms with van der Waals surface area (Å²) in [5.41, 5.74) is -3.95. The van der Waals surface area contributed by atoms with Gasteiger partial charge < -0.3 is 19.7 Å². The molecule has 0 atom stereocenters. The molecule has 0 bridgehead atoms. The van der Waals surface area contributed by atoms with E-state index >= 15 is 0 Å². The van der Waals surface area contributed by atoms with Crippen LogP contribution in [0, 0.1) is 11.8 Å². The number of aliphatic hydroxyl groups excluding tert-OH is 2. The fraction of sp³-hybridized carbons (Fsp3) is 0.917. The molecule has 0 aliphatic heterocycles. The van der Waals surface area contributed by atoms with E-state index in [2.05, 4.69) is 0 Å². The average Bonchev–Trinajstić information content (AvgIpc) is 2.67. The number of hydrogen-bond acceptors (Lipinski definition) is 6. The van der Waals surface area contributed by atoms with E-state index in [0.717, 1.165) is 0 Å². The third-order valence-electron chi connectivity index (χ3n) is 5.81. The molecule has 2 saturated carbocycles. The van der Waals surface area contributed by atoms with Gasteiger partial charge >= 0.3 is 11.9 Å². The first-order valence-electron chi connectivity index (χ1n) is 11.6. The Labute approximate surface area is 191 Å². The van der Waals surface area contributed by atoms with Crippen molar-refractivity contribution in [1.29, 1.82) is 0 Å². The van der Waals surface area contributed by atoms with Gasteiger partial charge in [0.05, 0.1) is 25.0 Å². The van der Waals surface area contributed by atoms with Crippen LogP contribution in [0.5, 0.6) is 0 Å². The second-order valence-electron chi connectivity index (χ2n) is 11.2. The second kappa shape index (κ2) is 11.2. The van der Waals surface area contributed by atoms with Crippen LogP contribution in [-0.2, 0) is 19.1 Å². The summed E-state index contributed by atoms with van der Waals surface area (Å²) in [6.07, 6.45) is 2.83. The van der Waals surface area contributed by atoms with Gasteiger partial charge in [0, 0.05) is 0 Å². The SMILES string of the molecule is CC(C)(C)OC(=O)C1CCC(F)(CO)CC1.CC(C)(C)OC(=O)C1CCC(F)(CO)CC1. The smallest absolute Gasteiger partial charge is 0.309 e. The summed E-state index contributed by atoms with van der Waals surface area (Å²) in [4.78, 5) is 23.4. The van der Waals surface area contributed by atoms with E-state index in [1.807, 2.05) is 41.5 Å². The summed E-state index contributed by atoms with van der Waals surface area (Å²) in [5, 5.41) is 17.7. The molecule has 0 aromatic rings. The van der Waals surface area contributed by atoms with Gasteiger partial charge in [-0.25, -0.2) is 8.78 Å². The highest BCUT2D eigenvalue weighted by atomic mass is 19.1. The van der Waals surface area contributed by atoms with E-state index in [1.54, 1.807) is 0 Å². The Kier molecular flexibility index (Phi) is 10.1. The maximum Gasteiger partial charge on any atom is 0.309 e. The molecule has 188 valence electrons. The third-order valence-corrected chi connectivity index (χ3v) is 5.81. The van der Waals surface area contributed by atoms with Crippen LogP contribution in [0.2, 0.25) is 0 Å². The van der Waals surface area contributed by atoms with Crippen LogP contribution in [0.1, 0.15) is 92.9 Å². The Balaban J connectivity index is 0.000000320. The molecule has 0 unspecified atom stereocenters. The molecule has 0 saturated heterocycles. The van der Waals surface area contributed by atoms with Gasteiger partial charge in [-0.15, -0.1) is 0 Å². The molecule has 2 N–H and O–H groups in total. The standard InChI is InChI=1S/2C12H21FO3/c2*1-11(2,3)16-10(15)9-4-6-12(13,8-14)7-5-9/h2*9,14H,4-8H2,1-3H3. The van der Waals surface area contributed by atoms with Crippen molar-refractivity contribution in [2.75, 3.05) is 13.2 Å². The number of carbonyl (C=O) groups is 2. The Morgan fingerprint density at radius 1 is 0.719 bits per heavy atom. The first-order chi connectivity index (χ1) is 14.5. The third kappa shape index (κ3) is 10.1. The van der Waals surface area contributed by atoms with Crippen molar-refractivity contribution in [2.45, 2.75) is 115 Å². The highest BCUT2D eigenvalue weighted by Crippen LogP contribution is 2.36. The van der Waals surface area contributed by atoms with Crippen LogP contribution < -0.4 is 0 Å². The Morgan fingerprint density at radius 2 is 0.969 bits per heavy atom. The molecule has 2 rings (SSSR count). The predicted molar refractivity (Wildman–Crippen MR) is 117 cm³/mol. The largest absolute Gasteiger partial charge is 0.460 e. The number of aliphatic hydroxyl groups is 2. The Hall–Kier alpha value is -1.28. The van der Waals surface area contributed by atoms with Crippen molar-refractivity contribution in [3.8, 4) is 0 Å². The average molecular weight is 465 g/mol. The molecule has 0 aromatic heterocycles. The summed E-state index contributed by atoms with van der Waals surface area (Å²) >= 11 is 0. The minimum atomic E-state index is -1.49. The Morgan fingerprint density at radius 3 is 1.16 bits per heavy atom. The minimum absolute atomic E-state index is 0.213. The number of ether oxygens (including phenoxy) is 2. The van der Waals surface area contributed by atoms with Crippen LogP contribution in [0.4, 0.5) is 8.78 Å². The van der Waals surface area contributed by atoms with Crippen LogP contribution in [0.3, 0.4) is 0 Å². The fourth-order valence-corrected chi connectivity index (χ4v) is 3.83. The first kappa shape index (κ1) is 28.8. The predicted octanol–water partition coefficient (Wildman–Crippen LogP) is 4.44. The molecule has 8 heteroatoms. The molecular formula is C24H42F2O6. The fourth-order valence-electron chi connectivity index (χ4n) is 3.83. The molecule has 0 heterocycles.